The van der Waals surface area contributed by atoms with Gasteiger partial charge >= 0.3 is 5.69 Å². The minimum atomic E-state index is -0.355. The van der Waals surface area contributed by atoms with Crippen molar-refractivity contribution in [1.82, 2.24) is 28.5 Å². The Balaban J connectivity index is 2.08. The summed E-state index contributed by atoms with van der Waals surface area (Å²) >= 11 is 0. The summed E-state index contributed by atoms with van der Waals surface area (Å²) in [5.74, 6) is 0.683. The van der Waals surface area contributed by atoms with E-state index in [-0.39, 0.29) is 17.2 Å². The molecule has 0 spiro atoms. The van der Waals surface area contributed by atoms with Gasteiger partial charge in [-0.05, 0) is 38.3 Å². The average Bonchev–Trinajstić information content (AvgIpc) is 3.23. The maximum Gasteiger partial charge on any atom is 0.332 e. The normalized spacial score (nSPS) is 11.7. The molecule has 0 aliphatic heterocycles. The maximum absolute atomic E-state index is 13.5. The van der Waals surface area contributed by atoms with Crippen molar-refractivity contribution in [3.63, 3.8) is 0 Å². The second-order valence-electron chi connectivity index (χ2n) is 8.65. The van der Waals surface area contributed by atoms with Crippen molar-refractivity contribution < 1.29 is 0 Å². The lowest BCUT2D eigenvalue weighted by Gasteiger charge is -2.13. The van der Waals surface area contributed by atoms with Gasteiger partial charge in [0.05, 0.1) is 12.2 Å². The van der Waals surface area contributed by atoms with Gasteiger partial charge in [0.1, 0.15) is 0 Å². The third-order valence-electron chi connectivity index (χ3n) is 5.38. The summed E-state index contributed by atoms with van der Waals surface area (Å²) < 4.78 is 6.39. The molecule has 0 saturated heterocycles. The lowest BCUT2D eigenvalue weighted by Crippen LogP contribution is -2.40. The molecule has 0 radical (unpaired) electrons. The second-order valence-corrected chi connectivity index (χ2v) is 8.65. The number of aromatic nitrogens is 6. The summed E-state index contributed by atoms with van der Waals surface area (Å²) in [4.78, 5) is 31.2. The van der Waals surface area contributed by atoms with Crippen LogP contribution in [0.1, 0.15) is 36.4 Å². The number of hydrogen-bond acceptors (Lipinski definition) is 4. The van der Waals surface area contributed by atoms with Crippen molar-refractivity contribution in [2.75, 3.05) is 0 Å². The van der Waals surface area contributed by atoms with Gasteiger partial charge in [-0.15, -0.1) is 0 Å². The maximum atomic E-state index is 13.5. The van der Waals surface area contributed by atoms with Gasteiger partial charge in [0.15, 0.2) is 11.2 Å². The van der Waals surface area contributed by atoms with Crippen molar-refractivity contribution in [1.29, 1.82) is 0 Å². The van der Waals surface area contributed by atoms with Crippen LogP contribution in [0.3, 0.4) is 0 Å². The van der Waals surface area contributed by atoms with E-state index in [1.807, 2.05) is 63.5 Å². The Hall–Kier alpha value is -3.42. The standard InChI is InChI=1S/C23H28N6O2/c1-14(2)12-28-21(30)19-20(26(6)23(28)31)24-22(29-17(5)11-16(4)25-29)27(19)13-18-9-7-8-15(3)10-18/h7-11,14H,12-13H2,1-6H3. The number of imidazole rings is 1. The van der Waals surface area contributed by atoms with E-state index in [4.69, 9.17) is 4.98 Å². The highest BCUT2D eigenvalue weighted by Gasteiger charge is 2.23. The topological polar surface area (TPSA) is 79.6 Å². The molecule has 8 heteroatoms. The van der Waals surface area contributed by atoms with Crippen LogP contribution in [0.15, 0.2) is 39.9 Å². The highest BCUT2D eigenvalue weighted by atomic mass is 16.2. The highest BCUT2D eigenvalue weighted by molar-refractivity contribution is 5.73. The fourth-order valence-electron chi connectivity index (χ4n) is 4.02. The average molecular weight is 421 g/mol. The molecule has 162 valence electrons. The molecule has 3 heterocycles. The molecule has 1 aromatic carbocycles. The van der Waals surface area contributed by atoms with Gasteiger partial charge in [-0.25, -0.2) is 9.48 Å². The lowest BCUT2D eigenvalue weighted by atomic mass is 10.1. The first-order valence-corrected chi connectivity index (χ1v) is 10.5. The first kappa shape index (κ1) is 20.8. The zero-order valence-electron chi connectivity index (χ0n) is 18.9. The number of aryl methyl sites for hydroxylation is 4. The molecule has 0 fully saturated rings. The quantitative estimate of drug-likeness (QED) is 0.497. The summed E-state index contributed by atoms with van der Waals surface area (Å²) in [6.07, 6.45) is 0. The van der Waals surface area contributed by atoms with E-state index in [0.29, 0.717) is 30.2 Å². The van der Waals surface area contributed by atoms with E-state index < -0.39 is 0 Å². The van der Waals surface area contributed by atoms with Gasteiger partial charge in [-0.2, -0.15) is 10.1 Å². The molecule has 8 nitrogen and oxygen atoms in total. The summed E-state index contributed by atoms with van der Waals surface area (Å²) in [5, 5.41) is 4.59. The van der Waals surface area contributed by atoms with Gasteiger partial charge in [-0.1, -0.05) is 43.7 Å². The van der Waals surface area contributed by atoms with Crippen molar-refractivity contribution >= 4 is 11.2 Å². The van der Waals surface area contributed by atoms with E-state index in [2.05, 4.69) is 11.2 Å². The molecule has 0 saturated carbocycles. The number of fused-ring (bicyclic) bond motifs is 1. The van der Waals surface area contributed by atoms with E-state index in [1.165, 1.54) is 9.13 Å². The number of hydrogen-bond donors (Lipinski definition) is 0. The molecule has 31 heavy (non-hydrogen) atoms. The Kier molecular flexibility index (Phi) is 5.16. The van der Waals surface area contributed by atoms with Gasteiger partial charge in [0.25, 0.3) is 5.56 Å². The molecule has 0 amide bonds. The minimum Gasteiger partial charge on any atom is -0.298 e. The number of nitrogens with zero attached hydrogens (tertiary/aromatic N) is 6. The molecule has 0 atom stereocenters. The van der Waals surface area contributed by atoms with Crippen LogP contribution in [-0.4, -0.2) is 28.5 Å². The van der Waals surface area contributed by atoms with Crippen LogP contribution in [0.4, 0.5) is 0 Å². The van der Waals surface area contributed by atoms with Gasteiger partial charge in [-0.3, -0.25) is 18.5 Å². The molecule has 0 bridgehead atoms. The zero-order valence-corrected chi connectivity index (χ0v) is 18.9. The largest absolute Gasteiger partial charge is 0.332 e. The van der Waals surface area contributed by atoms with Crippen molar-refractivity contribution in [3.8, 4) is 5.95 Å². The number of rotatable bonds is 5. The van der Waals surface area contributed by atoms with Gasteiger partial charge in [0, 0.05) is 19.3 Å². The summed E-state index contributed by atoms with van der Waals surface area (Å²) in [5.41, 5.74) is 4.05. The predicted molar refractivity (Wildman–Crippen MR) is 121 cm³/mol. The molecule has 0 N–H and O–H groups in total. The zero-order chi connectivity index (χ0) is 22.4. The summed E-state index contributed by atoms with van der Waals surface area (Å²) in [6, 6.07) is 10.1. The summed E-state index contributed by atoms with van der Waals surface area (Å²) in [7, 11) is 1.66. The smallest absolute Gasteiger partial charge is 0.298 e. The Morgan fingerprint density at radius 3 is 2.39 bits per heavy atom. The second kappa shape index (κ2) is 7.68. The fraction of sp³-hybridized carbons (Fsp3) is 0.391. The van der Waals surface area contributed by atoms with Gasteiger partial charge < -0.3 is 0 Å². The molecular formula is C23H28N6O2. The predicted octanol–water partition coefficient (Wildman–Crippen LogP) is 2.71. The fourth-order valence-corrected chi connectivity index (χ4v) is 4.02. The first-order chi connectivity index (χ1) is 14.7. The molecule has 4 rings (SSSR count). The van der Waals surface area contributed by atoms with E-state index in [1.54, 1.807) is 11.7 Å². The van der Waals surface area contributed by atoms with Crippen LogP contribution >= 0.6 is 0 Å². The monoisotopic (exact) mass is 420 g/mol. The Bertz CT molecular complexity index is 1400. The lowest BCUT2D eigenvalue weighted by molar-refractivity contribution is 0.484. The Morgan fingerprint density at radius 1 is 1.03 bits per heavy atom. The molecule has 3 aromatic heterocycles. The van der Waals surface area contributed by atoms with Crippen LogP contribution < -0.4 is 11.2 Å². The van der Waals surface area contributed by atoms with Crippen molar-refractivity contribution in [2.24, 2.45) is 13.0 Å². The molecule has 0 aliphatic rings. The highest BCUT2D eigenvalue weighted by Crippen LogP contribution is 2.19. The first-order valence-electron chi connectivity index (χ1n) is 10.5. The van der Waals surface area contributed by atoms with E-state index >= 15 is 0 Å². The molecular weight excluding hydrogens is 392 g/mol. The third kappa shape index (κ3) is 3.62. The Labute approximate surface area is 180 Å². The number of benzene rings is 1. The van der Waals surface area contributed by atoms with E-state index in [9.17, 15) is 9.59 Å². The van der Waals surface area contributed by atoms with Crippen LogP contribution in [0.5, 0.6) is 0 Å². The SMILES string of the molecule is Cc1cccc(Cn2c(-n3nc(C)cc3C)nc3c2c(=O)n(CC(C)C)c(=O)n3C)c1. The van der Waals surface area contributed by atoms with Crippen LogP contribution in [0.2, 0.25) is 0 Å². The van der Waals surface area contributed by atoms with Crippen LogP contribution in [-0.2, 0) is 20.1 Å². The van der Waals surface area contributed by atoms with Crippen molar-refractivity contribution in [2.45, 2.75) is 47.7 Å². The third-order valence-corrected chi connectivity index (χ3v) is 5.38. The van der Waals surface area contributed by atoms with Crippen LogP contribution in [0, 0.1) is 26.7 Å². The molecule has 4 aromatic rings. The summed E-state index contributed by atoms with van der Waals surface area (Å²) in [6.45, 7) is 10.7. The molecule has 0 aliphatic carbocycles. The Morgan fingerprint density at radius 2 is 1.77 bits per heavy atom. The van der Waals surface area contributed by atoms with Gasteiger partial charge in [0.2, 0.25) is 5.95 Å². The molecule has 0 unspecified atom stereocenters. The van der Waals surface area contributed by atoms with Crippen molar-refractivity contribution in [3.05, 3.63) is 73.7 Å². The van der Waals surface area contributed by atoms with Crippen LogP contribution in [0.25, 0.3) is 17.1 Å². The minimum absolute atomic E-state index is 0.159. The van der Waals surface area contributed by atoms with E-state index in [0.717, 1.165) is 22.5 Å².